The second kappa shape index (κ2) is 11.3. The molecule has 0 aliphatic rings. The lowest BCUT2D eigenvalue weighted by Crippen LogP contribution is -2.22. The van der Waals surface area contributed by atoms with Gasteiger partial charge in [0.05, 0.1) is 12.2 Å². The normalized spacial score (nSPS) is 12.6. The Kier molecular flexibility index (Phi) is 8.49. The van der Waals surface area contributed by atoms with Gasteiger partial charge in [0, 0.05) is 12.1 Å². The lowest BCUT2D eigenvalue weighted by atomic mass is 9.92. The second-order valence-corrected chi connectivity index (χ2v) is 8.40. The molecule has 0 saturated heterocycles. The molecular weight excluding hydrogens is 465 g/mol. The number of carboxylic acids is 1. The van der Waals surface area contributed by atoms with Crippen LogP contribution in [-0.4, -0.2) is 17.7 Å². The first kappa shape index (κ1) is 26.2. The van der Waals surface area contributed by atoms with Gasteiger partial charge in [0.1, 0.15) is 11.6 Å². The first-order valence-corrected chi connectivity index (χ1v) is 11.4. The van der Waals surface area contributed by atoms with Crippen molar-refractivity contribution in [3.05, 3.63) is 101 Å². The van der Waals surface area contributed by atoms with Crippen LogP contribution in [0.1, 0.15) is 54.3 Å². The predicted octanol–water partition coefficient (Wildman–Crippen LogP) is 7.58. The highest BCUT2D eigenvalue weighted by atomic mass is 35.5. The Morgan fingerprint density at radius 3 is 2.43 bits per heavy atom. The first-order chi connectivity index (χ1) is 16.4. The molecule has 4 aromatic carbocycles. The minimum absolute atomic E-state index is 0. The molecule has 35 heavy (non-hydrogen) atoms. The summed E-state index contributed by atoms with van der Waals surface area (Å²) in [6.07, 6.45) is 0. The number of benzene rings is 4. The number of fused-ring (bicyclic) bond motifs is 1. The fourth-order valence-electron chi connectivity index (χ4n) is 4.29. The van der Waals surface area contributed by atoms with Gasteiger partial charge >= 0.3 is 5.97 Å². The van der Waals surface area contributed by atoms with E-state index >= 15 is 0 Å². The SMILES string of the molecule is CCOc1cccc([C@@H](C)NC(C)c2cc(-c3ccc(F)c(C(=O)O)c3)c3ccccc3c2)c1.Cl. The van der Waals surface area contributed by atoms with Gasteiger partial charge in [0.25, 0.3) is 0 Å². The third-order valence-corrected chi connectivity index (χ3v) is 6.06. The van der Waals surface area contributed by atoms with Crippen molar-refractivity contribution in [3.63, 3.8) is 0 Å². The van der Waals surface area contributed by atoms with Gasteiger partial charge in [-0.15, -0.1) is 12.4 Å². The largest absolute Gasteiger partial charge is 0.494 e. The monoisotopic (exact) mass is 493 g/mol. The molecule has 4 aromatic rings. The predicted molar refractivity (Wildman–Crippen MR) is 141 cm³/mol. The Balaban J connectivity index is 0.00000342. The van der Waals surface area contributed by atoms with Gasteiger partial charge < -0.3 is 15.2 Å². The maximum atomic E-state index is 14.0. The summed E-state index contributed by atoms with van der Waals surface area (Å²) < 4.78 is 19.7. The second-order valence-electron chi connectivity index (χ2n) is 8.40. The number of rotatable bonds is 8. The molecule has 4 nitrogen and oxygen atoms in total. The van der Waals surface area contributed by atoms with Crippen LogP contribution in [0.4, 0.5) is 4.39 Å². The number of ether oxygens (including phenoxy) is 1. The van der Waals surface area contributed by atoms with Gasteiger partial charge in [0.15, 0.2) is 0 Å². The quantitative estimate of drug-likeness (QED) is 0.265. The number of aromatic carboxylic acids is 1. The Hall–Kier alpha value is -3.41. The highest BCUT2D eigenvalue weighted by Gasteiger charge is 2.17. The average Bonchev–Trinajstić information content (AvgIpc) is 2.84. The molecule has 0 radical (unpaired) electrons. The summed E-state index contributed by atoms with van der Waals surface area (Å²) in [7, 11) is 0. The molecule has 182 valence electrons. The molecule has 0 aliphatic heterocycles. The van der Waals surface area contributed by atoms with Gasteiger partial charge in [0.2, 0.25) is 0 Å². The number of carboxylic acid groups (broad SMARTS) is 1. The first-order valence-electron chi connectivity index (χ1n) is 11.4. The van der Waals surface area contributed by atoms with Gasteiger partial charge in [-0.2, -0.15) is 0 Å². The minimum Gasteiger partial charge on any atom is -0.494 e. The van der Waals surface area contributed by atoms with Gasteiger partial charge in [-0.3, -0.25) is 0 Å². The van der Waals surface area contributed by atoms with Gasteiger partial charge in [-0.1, -0.05) is 42.5 Å². The summed E-state index contributed by atoms with van der Waals surface area (Å²) in [6.45, 7) is 6.80. The van der Waals surface area contributed by atoms with Crippen LogP contribution in [-0.2, 0) is 0 Å². The Labute approximate surface area is 211 Å². The number of carbonyl (C=O) groups is 1. The molecule has 0 aromatic heterocycles. The molecule has 0 amide bonds. The van der Waals surface area contributed by atoms with Gasteiger partial charge in [-0.05, 0) is 90.2 Å². The zero-order valence-electron chi connectivity index (χ0n) is 19.9. The number of nitrogens with one attached hydrogen (secondary N) is 1. The third kappa shape index (κ3) is 5.81. The Morgan fingerprint density at radius 2 is 1.69 bits per heavy atom. The van der Waals surface area contributed by atoms with Crippen molar-refractivity contribution in [3.8, 4) is 16.9 Å². The molecular formula is C29H29ClFNO3. The van der Waals surface area contributed by atoms with E-state index in [4.69, 9.17) is 4.74 Å². The van der Waals surface area contributed by atoms with E-state index in [2.05, 4.69) is 37.4 Å². The van der Waals surface area contributed by atoms with Crippen molar-refractivity contribution >= 4 is 29.1 Å². The van der Waals surface area contributed by atoms with Crippen molar-refractivity contribution < 1.29 is 19.0 Å². The number of hydrogen-bond acceptors (Lipinski definition) is 3. The highest BCUT2D eigenvalue weighted by molar-refractivity contribution is 5.99. The summed E-state index contributed by atoms with van der Waals surface area (Å²) >= 11 is 0. The molecule has 0 heterocycles. The van der Waals surface area contributed by atoms with E-state index in [0.717, 1.165) is 33.2 Å². The minimum atomic E-state index is -1.28. The summed E-state index contributed by atoms with van der Waals surface area (Å²) in [5.41, 5.74) is 3.39. The van der Waals surface area contributed by atoms with E-state index in [0.29, 0.717) is 12.2 Å². The van der Waals surface area contributed by atoms with Crippen LogP contribution < -0.4 is 10.1 Å². The molecule has 2 N–H and O–H groups in total. The summed E-state index contributed by atoms with van der Waals surface area (Å²) in [4.78, 5) is 11.5. The molecule has 0 spiro atoms. The molecule has 0 saturated carbocycles. The van der Waals surface area contributed by atoms with Crippen LogP contribution in [0.15, 0.2) is 78.9 Å². The van der Waals surface area contributed by atoms with Crippen LogP contribution in [0, 0.1) is 5.82 Å². The van der Waals surface area contributed by atoms with E-state index in [1.54, 1.807) is 6.07 Å². The maximum absolute atomic E-state index is 14.0. The lowest BCUT2D eigenvalue weighted by molar-refractivity contribution is 0.0692. The third-order valence-electron chi connectivity index (χ3n) is 6.06. The van der Waals surface area contributed by atoms with E-state index in [-0.39, 0.29) is 30.1 Å². The average molecular weight is 494 g/mol. The van der Waals surface area contributed by atoms with Crippen molar-refractivity contribution in [2.24, 2.45) is 0 Å². The van der Waals surface area contributed by atoms with Gasteiger partial charge in [-0.25, -0.2) is 9.18 Å². The van der Waals surface area contributed by atoms with E-state index in [1.807, 2.05) is 49.4 Å². The van der Waals surface area contributed by atoms with Crippen molar-refractivity contribution in [1.82, 2.24) is 5.32 Å². The molecule has 0 fully saturated rings. The Bertz CT molecular complexity index is 1340. The van der Waals surface area contributed by atoms with Crippen LogP contribution in [0.25, 0.3) is 21.9 Å². The highest BCUT2D eigenvalue weighted by Crippen LogP contribution is 2.34. The number of halogens is 2. The summed E-state index contributed by atoms with van der Waals surface area (Å²) in [6, 6.07) is 24.6. The smallest absolute Gasteiger partial charge is 0.338 e. The molecule has 0 aliphatic carbocycles. The number of hydrogen-bond donors (Lipinski definition) is 2. The van der Waals surface area contributed by atoms with E-state index in [1.165, 1.54) is 12.1 Å². The molecule has 6 heteroatoms. The molecule has 0 bridgehead atoms. The lowest BCUT2D eigenvalue weighted by Gasteiger charge is -2.23. The van der Waals surface area contributed by atoms with Crippen LogP contribution >= 0.6 is 12.4 Å². The van der Waals surface area contributed by atoms with Crippen molar-refractivity contribution in [1.29, 1.82) is 0 Å². The fourth-order valence-corrected chi connectivity index (χ4v) is 4.29. The Morgan fingerprint density at radius 1 is 0.943 bits per heavy atom. The zero-order valence-corrected chi connectivity index (χ0v) is 20.7. The summed E-state index contributed by atoms with van der Waals surface area (Å²) in [5.74, 6) is -1.17. The zero-order chi connectivity index (χ0) is 24.2. The van der Waals surface area contributed by atoms with E-state index < -0.39 is 11.8 Å². The molecule has 2 atom stereocenters. The van der Waals surface area contributed by atoms with Crippen LogP contribution in [0.2, 0.25) is 0 Å². The van der Waals surface area contributed by atoms with Crippen LogP contribution in [0.3, 0.4) is 0 Å². The van der Waals surface area contributed by atoms with Crippen LogP contribution in [0.5, 0.6) is 5.75 Å². The van der Waals surface area contributed by atoms with Crippen molar-refractivity contribution in [2.75, 3.05) is 6.61 Å². The maximum Gasteiger partial charge on any atom is 0.338 e. The van der Waals surface area contributed by atoms with Crippen molar-refractivity contribution in [2.45, 2.75) is 32.9 Å². The molecule has 4 rings (SSSR count). The fraction of sp³-hybridized carbons (Fsp3) is 0.207. The molecule has 1 unspecified atom stereocenters. The standard InChI is InChI=1S/C29H28FNO3.ClH/c1-4-34-24-10-7-9-20(15-24)18(2)31-19(3)23-14-21-8-5-6-11-25(21)26(17-23)22-12-13-28(30)27(16-22)29(32)33;/h5-19,31H,4H2,1-3H3,(H,32,33);1H/t18-,19?;/m1./s1. The topological polar surface area (TPSA) is 58.6 Å². The van der Waals surface area contributed by atoms with E-state index in [9.17, 15) is 14.3 Å². The summed E-state index contributed by atoms with van der Waals surface area (Å²) in [5, 5.41) is 15.1.